The second-order valence-electron chi connectivity index (χ2n) is 2.70. The van der Waals surface area contributed by atoms with Gasteiger partial charge in [0.25, 0.3) is 0 Å². The number of hydrogen-bond donors (Lipinski definition) is 1. The predicted octanol–water partition coefficient (Wildman–Crippen LogP) is 2.04. The van der Waals surface area contributed by atoms with Gasteiger partial charge >= 0.3 is 5.97 Å². The highest BCUT2D eigenvalue weighted by Crippen LogP contribution is 2.24. The van der Waals surface area contributed by atoms with Gasteiger partial charge in [-0.1, -0.05) is 0 Å². The molecule has 6 heteroatoms. The average molecular weight is 224 g/mol. The van der Waals surface area contributed by atoms with Gasteiger partial charge in [0, 0.05) is 11.8 Å². The molecule has 0 aromatic carbocycles. The molecule has 2 rings (SSSR count). The normalized spacial score (nSPS) is 10.2. The first-order valence-electron chi connectivity index (χ1n) is 3.98. The topological polar surface area (TPSA) is 63.1 Å². The van der Waals surface area contributed by atoms with Crippen molar-refractivity contribution in [2.24, 2.45) is 0 Å². The molecule has 0 saturated carbocycles. The summed E-state index contributed by atoms with van der Waals surface area (Å²) in [6.07, 6.45) is 2.59. The van der Waals surface area contributed by atoms with E-state index in [-0.39, 0.29) is 4.88 Å². The minimum absolute atomic E-state index is 0.148. The van der Waals surface area contributed by atoms with Gasteiger partial charge < -0.3 is 5.11 Å². The van der Waals surface area contributed by atoms with Crippen LogP contribution in [0.1, 0.15) is 9.67 Å². The van der Waals surface area contributed by atoms with E-state index in [1.165, 1.54) is 24.5 Å². The number of carboxylic acids is 1. The maximum Gasteiger partial charge on any atom is 0.347 e. The van der Waals surface area contributed by atoms with E-state index in [2.05, 4.69) is 9.97 Å². The molecule has 15 heavy (non-hydrogen) atoms. The molecule has 0 aliphatic carbocycles. The molecule has 2 aromatic heterocycles. The Labute approximate surface area is 88.1 Å². The van der Waals surface area contributed by atoms with Crippen LogP contribution >= 0.6 is 11.3 Å². The van der Waals surface area contributed by atoms with E-state index in [0.717, 1.165) is 11.3 Å². The van der Waals surface area contributed by atoms with Crippen molar-refractivity contribution in [3.8, 4) is 10.6 Å². The highest BCUT2D eigenvalue weighted by atomic mass is 32.1. The molecular weight excluding hydrogens is 219 g/mol. The van der Waals surface area contributed by atoms with Crippen molar-refractivity contribution < 1.29 is 14.3 Å². The van der Waals surface area contributed by atoms with E-state index in [1.54, 1.807) is 0 Å². The lowest BCUT2D eigenvalue weighted by Crippen LogP contribution is -1.89. The van der Waals surface area contributed by atoms with Crippen LogP contribution in [0.5, 0.6) is 0 Å². The fourth-order valence-electron chi connectivity index (χ4n) is 1.01. The molecule has 0 amide bonds. The van der Waals surface area contributed by atoms with Gasteiger partial charge in [-0.25, -0.2) is 14.8 Å². The number of rotatable bonds is 2. The molecule has 2 heterocycles. The van der Waals surface area contributed by atoms with Crippen LogP contribution in [0.3, 0.4) is 0 Å². The summed E-state index contributed by atoms with van der Waals surface area (Å²) in [6.45, 7) is 0. The van der Waals surface area contributed by atoms with E-state index in [4.69, 9.17) is 5.11 Å². The van der Waals surface area contributed by atoms with Crippen LogP contribution in [0.15, 0.2) is 24.5 Å². The number of nitrogens with zero attached hydrogens (tertiary/aromatic N) is 2. The summed E-state index contributed by atoms with van der Waals surface area (Å²) in [5, 5.41) is 9.20. The highest BCUT2D eigenvalue weighted by Gasteiger charge is 2.10. The molecule has 0 bridgehead atoms. The zero-order chi connectivity index (χ0) is 10.8. The predicted molar refractivity (Wildman–Crippen MR) is 52.3 cm³/mol. The summed E-state index contributed by atoms with van der Waals surface area (Å²) in [5.41, 5.74) is 0.605. The summed E-state index contributed by atoms with van der Waals surface area (Å²) in [5.74, 6) is -1.59. The maximum atomic E-state index is 12.5. The minimum atomic E-state index is -1.02. The Hall–Kier alpha value is -1.82. The molecule has 76 valence electrons. The molecule has 0 unspecified atom stereocenters. The molecule has 0 aliphatic heterocycles. The maximum absolute atomic E-state index is 12.5. The lowest BCUT2D eigenvalue weighted by atomic mass is 10.3. The van der Waals surface area contributed by atoms with Crippen LogP contribution < -0.4 is 0 Å². The Balaban J connectivity index is 2.37. The molecule has 0 aliphatic rings. The largest absolute Gasteiger partial charge is 0.477 e. The first-order valence-corrected chi connectivity index (χ1v) is 4.79. The van der Waals surface area contributed by atoms with Gasteiger partial charge in [-0.3, -0.25) is 0 Å². The zero-order valence-electron chi connectivity index (χ0n) is 7.35. The second-order valence-corrected chi connectivity index (χ2v) is 3.74. The van der Waals surface area contributed by atoms with E-state index >= 15 is 0 Å². The third kappa shape index (κ3) is 1.99. The number of carboxylic acid groups (broad SMARTS) is 1. The second kappa shape index (κ2) is 3.74. The van der Waals surface area contributed by atoms with Crippen LogP contribution in [0.4, 0.5) is 4.39 Å². The van der Waals surface area contributed by atoms with Gasteiger partial charge in [0.1, 0.15) is 9.88 Å². The van der Waals surface area contributed by atoms with E-state index in [0.29, 0.717) is 10.6 Å². The van der Waals surface area contributed by atoms with Crippen molar-refractivity contribution in [1.29, 1.82) is 0 Å². The third-order valence-corrected chi connectivity index (χ3v) is 2.73. The van der Waals surface area contributed by atoms with Gasteiger partial charge in [0.2, 0.25) is 5.95 Å². The molecule has 0 atom stereocenters. The fourth-order valence-corrected chi connectivity index (χ4v) is 1.75. The Kier molecular flexibility index (Phi) is 2.42. The summed E-state index contributed by atoms with van der Waals surface area (Å²) in [7, 11) is 0. The number of aromatic carboxylic acids is 1. The van der Waals surface area contributed by atoms with Crippen LogP contribution in [0, 0.1) is 5.95 Å². The molecule has 0 radical (unpaired) electrons. The van der Waals surface area contributed by atoms with E-state index < -0.39 is 11.9 Å². The van der Waals surface area contributed by atoms with Gasteiger partial charge in [0.05, 0.1) is 6.20 Å². The first-order chi connectivity index (χ1) is 7.16. The van der Waals surface area contributed by atoms with Crippen LogP contribution in [0.25, 0.3) is 10.6 Å². The van der Waals surface area contributed by atoms with Crippen LogP contribution in [-0.4, -0.2) is 21.0 Å². The highest BCUT2D eigenvalue weighted by molar-refractivity contribution is 7.16. The van der Waals surface area contributed by atoms with Crippen molar-refractivity contribution in [3.05, 3.63) is 35.4 Å². The number of halogens is 1. The summed E-state index contributed by atoms with van der Waals surface area (Å²) < 4.78 is 12.5. The summed E-state index contributed by atoms with van der Waals surface area (Å²) in [4.78, 5) is 18.1. The van der Waals surface area contributed by atoms with Crippen molar-refractivity contribution in [3.63, 3.8) is 0 Å². The molecule has 0 saturated heterocycles. The summed E-state index contributed by atoms with van der Waals surface area (Å²) >= 11 is 1.03. The van der Waals surface area contributed by atoms with E-state index in [9.17, 15) is 9.18 Å². The SMILES string of the molecule is O=C(O)c1cnc(-c2ccc(F)nc2)s1. The van der Waals surface area contributed by atoms with Crippen molar-refractivity contribution in [1.82, 2.24) is 9.97 Å². The number of hydrogen-bond acceptors (Lipinski definition) is 4. The van der Waals surface area contributed by atoms with Crippen molar-refractivity contribution in [2.45, 2.75) is 0 Å². The molecule has 4 nitrogen and oxygen atoms in total. The van der Waals surface area contributed by atoms with Gasteiger partial charge in [-0.05, 0) is 12.1 Å². The van der Waals surface area contributed by atoms with Crippen molar-refractivity contribution >= 4 is 17.3 Å². The fraction of sp³-hybridized carbons (Fsp3) is 0. The Bertz CT molecular complexity index is 495. The zero-order valence-corrected chi connectivity index (χ0v) is 8.16. The van der Waals surface area contributed by atoms with Gasteiger partial charge in [0.15, 0.2) is 0 Å². The Morgan fingerprint density at radius 2 is 2.13 bits per heavy atom. The third-order valence-electron chi connectivity index (χ3n) is 1.69. The number of thiazole rings is 1. The van der Waals surface area contributed by atoms with Crippen molar-refractivity contribution in [2.75, 3.05) is 0 Å². The molecule has 1 N–H and O–H groups in total. The molecular formula is C9H5FN2O2S. The van der Waals surface area contributed by atoms with Gasteiger partial charge in [-0.15, -0.1) is 11.3 Å². The van der Waals surface area contributed by atoms with Crippen LogP contribution in [-0.2, 0) is 0 Å². The number of aromatic nitrogens is 2. The quantitative estimate of drug-likeness (QED) is 0.793. The van der Waals surface area contributed by atoms with Gasteiger partial charge in [-0.2, -0.15) is 4.39 Å². The Morgan fingerprint density at radius 1 is 1.33 bits per heavy atom. The standard InChI is InChI=1S/C9H5FN2O2S/c10-7-2-1-5(3-11-7)8-12-4-6(15-8)9(13)14/h1-4H,(H,13,14). The van der Waals surface area contributed by atoms with E-state index in [1.807, 2.05) is 0 Å². The number of carbonyl (C=O) groups is 1. The molecule has 0 spiro atoms. The monoisotopic (exact) mass is 224 g/mol. The lowest BCUT2D eigenvalue weighted by Gasteiger charge is -1.93. The minimum Gasteiger partial charge on any atom is -0.477 e. The van der Waals surface area contributed by atoms with Crippen LogP contribution in [0.2, 0.25) is 0 Å². The number of pyridine rings is 1. The summed E-state index contributed by atoms with van der Waals surface area (Å²) in [6, 6.07) is 2.71. The average Bonchev–Trinajstić information content (AvgIpc) is 2.68. The smallest absolute Gasteiger partial charge is 0.347 e. The Morgan fingerprint density at radius 3 is 2.67 bits per heavy atom. The molecule has 2 aromatic rings. The molecule has 0 fully saturated rings. The lowest BCUT2D eigenvalue weighted by molar-refractivity contribution is 0.0702. The first kappa shape index (κ1) is 9.72.